The number of rotatable bonds is 5. The number of hydrogen-bond donors (Lipinski definition) is 1. The van der Waals surface area contributed by atoms with Gasteiger partial charge in [0, 0.05) is 23.5 Å². The zero-order valence-electron chi connectivity index (χ0n) is 15.3. The van der Waals surface area contributed by atoms with E-state index in [0.717, 1.165) is 30.4 Å². The van der Waals surface area contributed by atoms with Gasteiger partial charge in [0.15, 0.2) is 0 Å². The van der Waals surface area contributed by atoms with Crippen LogP contribution in [-0.2, 0) is 4.79 Å². The van der Waals surface area contributed by atoms with Gasteiger partial charge in [-0.15, -0.1) is 0 Å². The van der Waals surface area contributed by atoms with Gasteiger partial charge >= 0.3 is 0 Å². The van der Waals surface area contributed by atoms with E-state index in [1.165, 1.54) is 0 Å². The lowest BCUT2D eigenvalue weighted by Gasteiger charge is -2.31. The van der Waals surface area contributed by atoms with Gasteiger partial charge in [-0.05, 0) is 38.0 Å². The molecule has 0 radical (unpaired) electrons. The monoisotopic (exact) mass is 351 g/mol. The van der Waals surface area contributed by atoms with Crippen molar-refractivity contribution in [3.63, 3.8) is 0 Å². The first-order valence-electron chi connectivity index (χ1n) is 9.13. The van der Waals surface area contributed by atoms with E-state index in [4.69, 9.17) is 4.74 Å². The number of carbonyl (C=O) groups is 2. The smallest absolute Gasteiger partial charge is 0.251 e. The van der Waals surface area contributed by atoms with Crippen molar-refractivity contribution in [2.75, 3.05) is 7.11 Å². The van der Waals surface area contributed by atoms with Crippen molar-refractivity contribution in [1.82, 2.24) is 5.32 Å². The third kappa shape index (κ3) is 3.96. The molecule has 26 heavy (non-hydrogen) atoms. The van der Waals surface area contributed by atoms with Crippen molar-refractivity contribution < 1.29 is 14.3 Å². The van der Waals surface area contributed by atoms with E-state index in [0.29, 0.717) is 17.7 Å². The second-order valence-electron chi connectivity index (χ2n) is 6.88. The van der Waals surface area contributed by atoms with Crippen LogP contribution in [0.5, 0.6) is 5.75 Å². The predicted molar refractivity (Wildman–Crippen MR) is 101 cm³/mol. The molecule has 1 saturated carbocycles. The molecule has 4 heteroatoms. The molecule has 136 valence electrons. The Bertz CT molecular complexity index is 782. The highest BCUT2D eigenvalue weighted by molar-refractivity contribution is 5.95. The van der Waals surface area contributed by atoms with Crippen LogP contribution in [0, 0.1) is 12.8 Å². The molecule has 1 aliphatic carbocycles. The number of amides is 1. The van der Waals surface area contributed by atoms with Crippen LogP contribution >= 0.6 is 0 Å². The third-order valence-electron chi connectivity index (χ3n) is 5.08. The lowest BCUT2D eigenvalue weighted by atomic mass is 9.79. The summed E-state index contributed by atoms with van der Waals surface area (Å²) < 4.78 is 5.49. The molecular formula is C22H25NO3. The zero-order chi connectivity index (χ0) is 18.5. The van der Waals surface area contributed by atoms with E-state index in [1.54, 1.807) is 7.11 Å². The SMILES string of the molecule is COc1ccccc1C(NC(=O)c1ccc(C)cc1)C1CCCCC1=O. The second-order valence-corrected chi connectivity index (χ2v) is 6.88. The highest BCUT2D eigenvalue weighted by Gasteiger charge is 2.34. The van der Waals surface area contributed by atoms with Crippen LogP contribution in [0.15, 0.2) is 48.5 Å². The largest absolute Gasteiger partial charge is 0.496 e. The summed E-state index contributed by atoms with van der Waals surface area (Å²) in [4.78, 5) is 25.4. The van der Waals surface area contributed by atoms with Crippen molar-refractivity contribution >= 4 is 11.7 Å². The number of para-hydroxylation sites is 1. The maximum absolute atomic E-state index is 12.8. The van der Waals surface area contributed by atoms with Gasteiger partial charge in [-0.25, -0.2) is 0 Å². The number of Topliss-reactive ketones (excluding diaryl/α,β-unsaturated/α-hetero) is 1. The highest BCUT2D eigenvalue weighted by atomic mass is 16.5. The van der Waals surface area contributed by atoms with Crippen LogP contribution in [0.2, 0.25) is 0 Å². The van der Waals surface area contributed by atoms with E-state index in [2.05, 4.69) is 5.32 Å². The Hall–Kier alpha value is -2.62. The standard InChI is InChI=1S/C22H25NO3/c1-15-11-13-16(14-12-15)22(25)23-21(17-7-3-5-9-19(17)24)18-8-4-6-10-20(18)26-2/h4,6,8,10-14,17,21H,3,5,7,9H2,1-2H3,(H,23,25). The summed E-state index contributed by atoms with van der Waals surface area (Å²) in [5.74, 6) is 0.533. The quantitative estimate of drug-likeness (QED) is 0.877. The molecule has 4 nitrogen and oxygen atoms in total. The number of nitrogens with one attached hydrogen (secondary N) is 1. The van der Waals surface area contributed by atoms with Gasteiger partial charge in [0.25, 0.3) is 5.91 Å². The predicted octanol–water partition coefficient (Wildman–Crippen LogP) is 4.23. The molecule has 0 aliphatic heterocycles. The van der Waals surface area contributed by atoms with Crippen LogP contribution < -0.4 is 10.1 Å². The van der Waals surface area contributed by atoms with Crippen LogP contribution in [-0.4, -0.2) is 18.8 Å². The zero-order valence-corrected chi connectivity index (χ0v) is 15.3. The van der Waals surface area contributed by atoms with Crippen molar-refractivity contribution in [2.45, 2.75) is 38.6 Å². The average Bonchev–Trinajstić information content (AvgIpc) is 2.67. The summed E-state index contributed by atoms with van der Waals surface area (Å²) in [5, 5.41) is 3.10. The Kier molecular flexibility index (Phi) is 5.71. The summed E-state index contributed by atoms with van der Waals surface area (Å²) >= 11 is 0. The van der Waals surface area contributed by atoms with Gasteiger partial charge in [0.05, 0.1) is 13.2 Å². The first-order chi connectivity index (χ1) is 12.6. The van der Waals surface area contributed by atoms with Crippen molar-refractivity contribution in [3.8, 4) is 5.75 Å². The molecule has 2 aromatic carbocycles. The van der Waals surface area contributed by atoms with Crippen molar-refractivity contribution in [2.24, 2.45) is 5.92 Å². The number of ketones is 1. The summed E-state index contributed by atoms with van der Waals surface area (Å²) in [6.45, 7) is 1.99. The van der Waals surface area contributed by atoms with Crippen LogP contribution in [0.1, 0.15) is 53.2 Å². The maximum Gasteiger partial charge on any atom is 0.251 e. The average molecular weight is 351 g/mol. The topological polar surface area (TPSA) is 55.4 Å². The Morgan fingerprint density at radius 3 is 2.54 bits per heavy atom. The molecule has 0 bridgehead atoms. The molecular weight excluding hydrogens is 326 g/mol. The Morgan fingerprint density at radius 1 is 1.12 bits per heavy atom. The lowest BCUT2D eigenvalue weighted by molar-refractivity contribution is -0.125. The number of methoxy groups -OCH3 is 1. The minimum Gasteiger partial charge on any atom is -0.496 e. The van der Waals surface area contributed by atoms with Gasteiger partial charge in [0.1, 0.15) is 11.5 Å². The van der Waals surface area contributed by atoms with Gasteiger partial charge in [-0.3, -0.25) is 9.59 Å². The molecule has 1 N–H and O–H groups in total. The fraction of sp³-hybridized carbons (Fsp3) is 0.364. The highest BCUT2D eigenvalue weighted by Crippen LogP contribution is 2.36. The molecule has 0 heterocycles. The number of benzene rings is 2. The van der Waals surface area contributed by atoms with E-state index >= 15 is 0 Å². The Balaban J connectivity index is 1.93. The van der Waals surface area contributed by atoms with E-state index in [9.17, 15) is 9.59 Å². The van der Waals surface area contributed by atoms with Gasteiger partial charge in [-0.2, -0.15) is 0 Å². The third-order valence-corrected chi connectivity index (χ3v) is 5.08. The fourth-order valence-electron chi connectivity index (χ4n) is 3.61. The van der Waals surface area contributed by atoms with Gasteiger partial charge in [-0.1, -0.05) is 42.3 Å². The number of aryl methyl sites for hydroxylation is 1. The van der Waals surface area contributed by atoms with E-state index in [1.807, 2.05) is 55.5 Å². The van der Waals surface area contributed by atoms with Gasteiger partial charge in [0.2, 0.25) is 0 Å². The van der Waals surface area contributed by atoms with Gasteiger partial charge < -0.3 is 10.1 Å². The number of carbonyl (C=O) groups excluding carboxylic acids is 2. The molecule has 3 rings (SSSR count). The molecule has 0 spiro atoms. The second kappa shape index (κ2) is 8.17. The summed E-state index contributed by atoms with van der Waals surface area (Å²) in [6, 6.07) is 14.7. The molecule has 1 aliphatic rings. The summed E-state index contributed by atoms with van der Waals surface area (Å²) in [6.07, 6.45) is 3.30. The molecule has 2 atom stereocenters. The molecule has 1 amide bonds. The molecule has 1 fully saturated rings. The first-order valence-corrected chi connectivity index (χ1v) is 9.13. The first kappa shape index (κ1) is 18.2. The van der Waals surface area contributed by atoms with Crippen LogP contribution in [0.4, 0.5) is 0 Å². The molecule has 0 aromatic heterocycles. The maximum atomic E-state index is 12.8. The Morgan fingerprint density at radius 2 is 1.85 bits per heavy atom. The summed E-state index contributed by atoms with van der Waals surface area (Å²) in [7, 11) is 1.61. The van der Waals surface area contributed by atoms with E-state index in [-0.39, 0.29) is 23.7 Å². The normalized spacial score (nSPS) is 18.2. The fourth-order valence-corrected chi connectivity index (χ4v) is 3.61. The van der Waals surface area contributed by atoms with E-state index < -0.39 is 0 Å². The van der Waals surface area contributed by atoms with Crippen molar-refractivity contribution in [1.29, 1.82) is 0 Å². The number of hydrogen-bond acceptors (Lipinski definition) is 3. The van der Waals surface area contributed by atoms with Crippen LogP contribution in [0.3, 0.4) is 0 Å². The minimum atomic E-state index is -0.382. The van der Waals surface area contributed by atoms with Crippen molar-refractivity contribution in [3.05, 3.63) is 65.2 Å². The number of ether oxygens (including phenoxy) is 1. The summed E-state index contributed by atoms with van der Waals surface area (Å²) in [5.41, 5.74) is 2.56. The minimum absolute atomic E-state index is 0.167. The molecule has 0 saturated heterocycles. The van der Waals surface area contributed by atoms with Crippen LogP contribution in [0.25, 0.3) is 0 Å². The molecule has 2 unspecified atom stereocenters. The molecule has 2 aromatic rings. The Labute approximate surface area is 154 Å². The lowest BCUT2D eigenvalue weighted by Crippen LogP contribution is -2.38.